The quantitative estimate of drug-likeness (QED) is 0.495. The number of fused-ring (bicyclic) bond motifs is 1. The zero-order valence-electron chi connectivity index (χ0n) is 15.0. The van der Waals surface area contributed by atoms with Gasteiger partial charge < -0.3 is 0 Å². The van der Waals surface area contributed by atoms with Gasteiger partial charge in [-0.2, -0.15) is 9.41 Å². The van der Waals surface area contributed by atoms with Crippen LogP contribution in [0.4, 0.5) is 0 Å². The average Bonchev–Trinajstić information content (AvgIpc) is 2.69. The summed E-state index contributed by atoms with van der Waals surface area (Å²) in [4.78, 5) is 12.2. The average molecular weight is 416 g/mol. The van der Waals surface area contributed by atoms with E-state index in [9.17, 15) is 13.2 Å². The first-order valence-electron chi connectivity index (χ1n) is 8.39. The molecule has 0 bridgehead atoms. The lowest BCUT2D eigenvalue weighted by molar-refractivity contribution is -0.121. The largest absolute Gasteiger partial charge is 0.272 e. The van der Waals surface area contributed by atoms with Gasteiger partial charge in [0.2, 0.25) is 10.0 Å². The maximum Gasteiger partial charge on any atom is 0.255 e. The number of halogens is 1. The minimum absolute atomic E-state index is 0.126. The molecule has 0 fully saturated rings. The molecule has 3 aromatic rings. The van der Waals surface area contributed by atoms with Crippen molar-refractivity contribution in [1.29, 1.82) is 0 Å². The topological polar surface area (TPSA) is 78.8 Å². The van der Waals surface area contributed by atoms with Gasteiger partial charge in [0.15, 0.2) is 0 Å². The standard InChI is InChI=1S/C20H18ClN3O3S/c1-24(14-20(25)23-22-13-17-8-4-5-9-19(17)21)28(26,27)18-11-10-15-6-2-3-7-16(15)12-18/h2-13H,14H2,1H3,(H,23,25). The van der Waals surface area contributed by atoms with Gasteiger partial charge in [0.1, 0.15) is 0 Å². The van der Waals surface area contributed by atoms with E-state index in [4.69, 9.17) is 11.6 Å². The fourth-order valence-corrected chi connectivity index (χ4v) is 3.93. The van der Waals surface area contributed by atoms with Crippen LogP contribution in [0.2, 0.25) is 5.02 Å². The number of nitrogens with zero attached hydrogens (tertiary/aromatic N) is 2. The van der Waals surface area contributed by atoms with Crippen LogP contribution in [-0.4, -0.2) is 38.4 Å². The number of hydrazone groups is 1. The highest BCUT2D eigenvalue weighted by atomic mass is 35.5. The van der Waals surface area contributed by atoms with Crippen molar-refractivity contribution in [3.05, 3.63) is 77.3 Å². The Labute approximate surface area is 168 Å². The molecule has 144 valence electrons. The summed E-state index contributed by atoms with van der Waals surface area (Å²) in [7, 11) is -2.46. The molecule has 28 heavy (non-hydrogen) atoms. The molecular formula is C20H18ClN3O3S. The summed E-state index contributed by atoms with van der Waals surface area (Å²) >= 11 is 6.00. The third-order valence-electron chi connectivity index (χ3n) is 4.09. The Hall–Kier alpha value is -2.74. The molecular weight excluding hydrogens is 398 g/mol. The molecule has 6 nitrogen and oxygen atoms in total. The van der Waals surface area contributed by atoms with Crippen molar-refractivity contribution in [2.75, 3.05) is 13.6 Å². The predicted molar refractivity (Wildman–Crippen MR) is 111 cm³/mol. The number of sulfonamides is 1. The maximum atomic E-state index is 12.7. The summed E-state index contributed by atoms with van der Waals surface area (Å²) in [5, 5.41) is 6.07. The van der Waals surface area contributed by atoms with E-state index in [-0.39, 0.29) is 11.4 Å². The fraction of sp³-hybridized carbons (Fsp3) is 0.100. The molecule has 0 saturated heterocycles. The lowest BCUT2D eigenvalue weighted by Gasteiger charge is -2.16. The highest BCUT2D eigenvalue weighted by molar-refractivity contribution is 7.89. The first kappa shape index (κ1) is 20.0. The van der Waals surface area contributed by atoms with Crippen LogP contribution in [0, 0.1) is 0 Å². The molecule has 0 spiro atoms. The van der Waals surface area contributed by atoms with Gasteiger partial charge in [0, 0.05) is 17.6 Å². The predicted octanol–water partition coefficient (Wildman–Crippen LogP) is 3.26. The van der Waals surface area contributed by atoms with E-state index in [1.54, 1.807) is 36.4 Å². The van der Waals surface area contributed by atoms with Crippen LogP contribution in [0.3, 0.4) is 0 Å². The Morgan fingerprint density at radius 2 is 1.75 bits per heavy atom. The molecule has 0 radical (unpaired) electrons. The van der Waals surface area contributed by atoms with Crippen LogP contribution < -0.4 is 5.43 Å². The van der Waals surface area contributed by atoms with Gasteiger partial charge in [-0.3, -0.25) is 4.79 Å². The second-order valence-corrected chi connectivity index (χ2v) is 8.54. The van der Waals surface area contributed by atoms with Crippen molar-refractivity contribution in [2.45, 2.75) is 4.90 Å². The van der Waals surface area contributed by atoms with E-state index in [1.165, 1.54) is 19.3 Å². The molecule has 3 aromatic carbocycles. The number of benzene rings is 3. The summed E-state index contributed by atoms with van der Waals surface area (Å²) in [6.45, 7) is -0.366. The van der Waals surface area contributed by atoms with Gasteiger partial charge in [-0.1, -0.05) is 60.1 Å². The minimum atomic E-state index is -3.81. The fourth-order valence-electron chi connectivity index (χ4n) is 2.58. The summed E-state index contributed by atoms with van der Waals surface area (Å²) in [6.07, 6.45) is 1.40. The molecule has 0 heterocycles. The van der Waals surface area contributed by atoms with Crippen LogP contribution >= 0.6 is 11.6 Å². The highest BCUT2D eigenvalue weighted by Crippen LogP contribution is 2.21. The van der Waals surface area contributed by atoms with Crippen LogP contribution in [0.1, 0.15) is 5.56 Å². The first-order chi connectivity index (χ1) is 13.4. The van der Waals surface area contributed by atoms with Crippen LogP contribution in [0.25, 0.3) is 10.8 Å². The van der Waals surface area contributed by atoms with Crippen LogP contribution in [0.5, 0.6) is 0 Å². The number of likely N-dealkylation sites (N-methyl/N-ethyl adjacent to an activating group) is 1. The molecule has 1 N–H and O–H groups in total. The Bertz CT molecular complexity index is 1150. The third kappa shape index (κ3) is 4.56. The molecule has 8 heteroatoms. The Morgan fingerprint density at radius 3 is 2.50 bits per heavy atom. The molecule has 0 saturated carbocycles. The van der Waals surface area contributed by atoms with Gasteiger partial charge in [0.05, 0.1) is 17.7 Å². The van der Waals surface area contributed by atoms with Gasteiger partial charge in [0.25, 0.3) is 5.91 Å². The highest BCUT2D eigenvalue weighted by Gasteiger charge is 2.23. The second kappa shape index (κ2) is 8.52. The summed E-state index contributed by atoms with van der Waals surface area (Å²) in [6, 6.07) is 19.3. The number of hydrogen-bond donors (Lipinski definition) is 1. The van der Waals surface area contributed by atoms with E-state index in [1.807, 2.05) is 24.3 Å². The number of rotatable bonds is 6. The Morgan fingerprint density at radius 1 is 1.07 bits per heavy atom. The molecule has 0 aliphatic carbocycles. The van der Waals surface area contributed by atoms with Crippen molar-refractivity contribution in [2.24, 2.45) is 5.10 Å². The normalized spacial score (nSPS) is 12.0. The van der Waals surface area contributed by atoms with E-state index >= 15 is 0 Å². The summed E-state index contributed by atoms with van der Waals surface area (Å²) in [5.74, 6) is -0.560. The third-order valence-corrected chi connectivity index (χ3v) is 6.24. The van der Waals surface area contributed by atoms with Gasteiger partial charge >= 0.3 is 0 Å². The maximum absolute atomic E-state index is 12.7. The van der Waals surface area contributed by atoms with Crippen molar-refractivity contribution in [3.63, 3.8) is 0 Å². The lowest BCUT2D eigenvalue weighted by atomic mass is 10.1. The molecule has 3 rings (SSSR count). The zero-order chi connectivity index (χ0) is 20.1. The number of hydrogen-bond acceptors (Lipinski definition) is 4. The Balaban J connectivity index is 1.67. The van der Waals surface area contributed by atoms with E-state index in [2.05, 4.69) is 10.5 Å². The van der Waals surface area contributed by atoms with Crippen LogP contribution in [0.15, 0.2) is 76.7 Å². The van der Waals surface area contributed by atoms with Gasteiger partial charge in [-0.25, -0.2) is 13.8 Å². The van der Waals surface area contributed by atoms with Gasteiger partial charge in [-0.05, 0) is 29.0 Å². The summed E-state index contributed by atoms with van der Waals surface area (Å²) in [5.41, 5.74) is 2.95. The van der Waals surface area contributed by atoms with Crippen molar-refractivity contribution in [1.82, 2.24) is 9.73 Å². The number of carbonyl (C=O) groups is 1. The minimum Gasteiger partial charge on any atom is -0.272 e. The Kier molecular flexibility index (Phi) is 6.08. The van der Waals surface area contributed by atoms with Crippen molar-refractivity contribution >= 4 is 44.5 Å². The molecule has 0 aromatic heterocycles. The first-order valence-corrected chi connectivity index (χ1v) is 10.2. The summed E-state index contributed by atoms with van der Waals surface area (Å²) < 4.78 is 26.5. The van der Waals surface area contributed by atoms with Crippen LogP contribution in [-0.2, 0) is 14.8 Å². The number of carbonyl (C=O) groups excluding carboxylic acids is 1. The van der Waals surface area contributed by atoms with E-state index in [0.29, 0.717) is 10.6 Å². The molecule has 0 atom stereocenters. The second-order valence-electron chi connectivity index (χ2n) is 6.08. The van der Waals surface area contributed by atoms with E-state index in [0.717, 1.165) is 15.1 Å². The number of nitrogens with one attached hydrogen (secondary N) is 1. The SMILES string of the molecule is CN(CC(=O)NN=Cc1ccccc1Cl)S(=O)(=O)c1ccc2ccccc2c1. The smallest absolute Gasteiger partial charge is 0.255 e. The monoisotopic (exact) mass is 415 g/mol. The van der Waals surface area contributed by atoms with E-state index < -0.39 is 15.9 Å². The molecule has 0 aliphatic heterocycles. The van der Waals surface area contributed by atoms with Gasteiger partial charge in [-0.15, -0.1) is 0 Å². The molecule has 0 aliphatic rings. The zero-order valence-corrected chi connectivity index (χ0v) is 16.6. The van der Waals surface area contributed by atoms with Crippen molar-refractivity contribution in [3.8, 4) is 0 Å². The lowest BCUT2D eigenvalue weighted by Crippen LogP contribution is -2.36. The van der Waals surface area contributed by atoms with Crippen molar-refractivity contribution < 1.29 is 13.2 Å². The molecule has 0 unspecified atom stereocenters. The molecule has 1 amide bonds. The number of amides is 1.